The second-order valence-electron chi connectivity index (χ2n) is 5.71. The molecule has 0 saturated carbocycles. The van der Waals surface area contributed by atoms with Crippen molar-refractivity contribution in [2.45, 2.75) is 46.2 Å². The predicted molar refractivity (Wildman–Crippen MR) is 80.2 cm³/mol. The van der Waals surface area contributed by atoms with Gasteiger partial charge < -0.3 is 4.90 Å². The van der Waals surface area contributed by atoms with Crippen LogP contribution in [0.5, 0.6) is 0 Å². The van der Waals surface area contributed by atoms with Gasteiger partial charge in [0.15, 0.2) is 0 Å². The molecular weight excluding hydrogens is 256 g/mol. The summed E-state index contributed by atoms with van der Waals surface area (Å²) in [4.78, 5) is 16.5. The maximum absolute atomic E-state index is 12.0. The van der Waals surface area contributed by atoms with Gasteiger partial charge in [-0.1, -0.05) is 26.7 Å². The second-order valence-corrected chi connectivity index (χ2v) is 7.03. The Morgan fingerprint density at radius 3 is 2.84 bits per heavy atom. The summed E-state index contributed by atoms with van der Waals surface area (Å²) in [6.07, 6.45) is 3.66. The van der Waals surface area contributed by atoms with Crippen LogP contribution >= 0.6 is 11.3 Å². The zero-order valence-electron chi connectivity index (χ0n) is 12.1. The molecule has 1 saturated heterocycles. The van der Waals surface area contributed by atoms with Gasteiger partial charge in [0.05, 0.1) is 6.54 Å². The second kappa shape index (κ2) is 6.53. The molecule has 2 rings (SSSR count). The molecule has 0 radical (unpaired) electrons. The van der Waals surface area contributed by atoms with Crippen LogP contribution in [0.3, 0.4) is 0 Å². The Labute approximate surface area is 120 Å². The number of amides is 1. The summed E-state index contributed by atoms with van der Waals surface area (Å²) in [5.74, 6) is 0.990. The fourth-order valence-electron chi connectivity index (χ4n) is 2.48. The van der Waals surface area contributed by atoms with Gasteiger partial charge >= 0.3 is 0 Å². The van der Waals surface area contributed by atoms with E-state index < -0.39 is 0 Å². The Balaban J connectivity index is 1.90. The summed E-state index contributed by atoms with van der Waals surface area (Å²) in [6, 6.07) is 4.26. The van der Waals surface area contributed by atoms with Gasteiger partial charge in [-0.05, 0) is 31.4 Å². The molecule has 1 aliphatic heterocycles. The number of thiophene rings is 1. The lowest BCUT2D eigenvalue weighted by atomic mass is 10.1. The third-order valence-electron chi connectivity index (χ3n) is 3.54. The average Bonchev–Trinajstić information content (AvgIpc) is 2.91. The molecule has 1 N–H and O–H groups in total. The Morgan fingerprint density at radius 2 is 2.21 bits per heavy atom. The van der Waals surface area contributed by atoms with E-state index in [4.69, 9.17) is 0 Å². The highest BCUT2D eigenvalue weighted by atomic mass is 32.1. The summed E-state index contributed by atoms with van der Waals surface area (Å²) in [7, 11) is 0. The molecule has 19 heavy (non-hydrogen) atoms. The minimum Gasteiger partial charge on any atom is -0.321 e. The highest BCUT2D eigenvalue weighted by Gasteiger charge is 2.31. The van der Waals surface area contributed by atoms with E-state index in [1.54, 1.807) is 11.3 Å². The summed E-state index contributed by atoms with van der Waals surface area (Å²) in [5, 5.41) is 3.32. The molecule has 1 aliphatic rings. The van der Waals surface area contributed by atoms with Crippen LogP contribution in [0.1, 0.15) is 49.0 Å². The molecule has 1 fully saturated rings. The van der Waals surface area contributed by atoms with Crippen molar-refractivity contribution >= 4 is 17.2 Å². The van der Waals surface area contributed by atoms with Crippen LogP contribution in [0.25, 0.3) is 0 Å². The first-order chi connectivity index (χ1) is 9.08. The van der Waals surface area contributed by atoms with Gasteiger partial charge in [0, 0.05) is 16.3 Å². The fraction of sp³-hybridized carbons (Fsp3) is 0.667. The van der Waals surface area contributed by atoms with Crippen LogP contribution in [0.15, 0.2) is 12.1 Å². The standard InChI is InChI=1S/C15H24N2OS/c1-11(2)6-4-5-9-17-14(18)10-16-15(17)13-8-7-12(3)19-13/h7-8,11,15-16H,4-6,9-10H2,1-3H3. The SMILES string of the molecule is Cc1ccc(C2NCC(=O)N2CCCCC(C)C)s1. The topological polar surface area (TPSA) is 32.3 Å². The summed E-state index contributed by atoms with van der Waals surface area (Å²) in [6.45, 7) is 7.96. The summed E-state index contributed by atoms with van der Waals surface area (Å²) >= 11 is 1.78. The van der Waals surface area contributed by atoms with Crippen LogP contribution in [-0.4, -0.2) is 23.9 Å². The van der Waals surface area contributed by atoms with E-state index >= 15 is 0 Å². The van der Waals surface area contributed by atoms with Gasteiger partial charge in [0.2, 0.25) is 5.91 Å². The van der Waals surface area contributed by atoms with E-state index in [1.807, 2.05) is 4.90 Å². The normalized spacial score (nSPS) is 19.7. The summed E-state index contributed by atoms with van der Waals surface area (Å²) < 4.78 is 0. The molecule has 1 amide bonds. The first kappa shape index (κ1) is 14.5. The number of hydrogen-bond donors (Lipinski definition) is 1. The Morgan fingerprint density at radius 1 is 1.42 bits per heavy atom. The van der Waals surface area contributed by atoms with E-state index in [2.05, 4.69) is 38.2 Å². The molecule has 2 heterocycles. The molecule has 3 nitrogen and oxygen atoms in total. The minimum absolute atomic E-state index is 0.102. The van der Waals surface area contributed by atoms with Gasteiger partial charge in [-0.15, -0.1) is 11.3 Å². The van der Waals surface area contributed by atoms with Crippen molar-refractivity contribution in [3.63, 3.8) is 0 Å². The maximum Gasteiger partial charge on any atom is 0.238 e. The number of nitrogens with zero attached hydrogens (tertiary/aromatic N) is 1. The number of aryl methyl sites for hydroxylation is 1. The number of nitrogens with one attached hydrogen (secondary N) is 1. The van der Waals surface area contributed by atoms with Gasteiger partial charge in [0.1, 0.15) is 6.17 Å². The van der Waals surface area contributed by atoms with Crippen LogP contribution in [0, 0.1) is 12.8 Å². The van der Waals surface area contributed by atoms with E-state index in [0.717, 1.165) is 18.9 Å². The highest BCUT2D eigenvalue weighted by Crippen LogP contribution is 2.28. The molecule has 106 valence electrons. The lowest BCUT2D eigenvalue weighted by Gasteiger charge is -2.23. The molecule has 1 aromatic heterocycles. The number of carbonyl (C=O) groups excluding carboxylic acids is 1. The zero-order valence-corrected chi connectivity index (χ0v) is 12.9. The van der Waals surface area contributed by atoms with Crippen LogP contribution in [-0.2, 0) is 4.79 Å². The molecule has 0 aliphatic carbocycles. The van der Waals surface area contributed by atoms with E-state index in [-0.39, 0.29) is 12.1 Å². The predicted octanol–water partition coefficient (Wildman–Crippen LogP) is 3.31. The fourth-order valence-corrected chi connectivity index (χ4v) is 3.45. The number of carbonyl (C=O) groups is 1. The minimum atomic E-state index is 0.102. The summed E-state index contributed by atoms with van der Waals surface area (Å²) in [5.41, 5.74) is 0. The van der Waals surface area contributed by atoms with E-state index in [0.29, 0.717) is 6.54 Å². The van der Waals surface area contributed by atoms with Gasteiger partial charge in [-0.2, -0.15) is 0 Å². The molecule has 0 spiro atoms. The number of hydrogen-bond acceptors (Lipinski definition) is 3. The molecule has 1 atom stereocenters. The lowest BCUT2D eigenvalue weighted by molar-refractivity contribution is -0.128. The first-order valence-corrected chi connectivity index (χ1v) is 7.98. The number of rotatable bonds is 6. The Bertz CT molecular complexity index is 428. The monoisotopic (exact) mass is 280 g/mol. The maximum atomic E-state index is 12.0. The van der Waals surface area contributed by atoms with Crippen molar-refractivity contribution in [2.75, 3.05) is 13.1 Å². The molecule has 1 aromatic rings. The van der Waals surface area contributed by atoms with Crippen molar-refractivity contribution in [1.82, 2.24) is 10.2 Å². The van der Waals surface area contributed by atoms with E-state index in [1.165, 1.54) is 22.6 Å². The van der Waals surface area contributed by atoms with Crippen molar-refractivity contribution < 1.29 is 4.79 Å². The van der Waals surface area contributed by atoms with Crippen molar-refractivity contribution in [3.8, 4) is 0 Å². The molecule has 0 aromatic carbocycles. The Kier molecular flexibility index (Phi) is 4.99. The van der Waals surface area contributed by atoms with E-state index in [9.17, 15) is 4.79 Å². The third-order valence-corrected chi connectivity index (χ3v) is 4.59. The van der Waals surface area contributed by atoms with Crippen LogP contribution in [0.2, 0.25) is 0 Å². The zero-order chi connectivity index (χ0) is 13.8. The third kappa shape index (κ3) is 3.80. The quantitative estimate of drug-likeness (QED) is 0.811. The Hall–Kier alpha value is -0.870. The molecular formula is C15H24N2OS. The van der Waals surface area contributed by atoms with Gasteiger partial charge in [-0.25, -0.2) is 0 Å². The average molecular weight is 280 g/mol. The smallest absolute Gasteiger partial charge is 0.238 e. The van der Waals surface area contributed by atoms with Crippen LogP contribution < -0.4 is 5.32 Å². The number of unbranched alkanes of at least 4 members (excludes halogenated alkanes) is 1. The molecule has 1 unspecified atom stereocenters. The van der Waals surface area contributed by atoms with Crippen molar-refractivity contribution in [1.29, 1.82) is 0 Å². The van der Waals surface area contributed by atoms with Gasteiger partial charge in [-0.3, -0.25) is 10.1 Å². The molecule has 0 bridgehead atoms. The largest absolute Gasteiger partial charge is 0.321 e. The van der Waals surface area contributed by atoms with Crippen LogP contribution in [0.4, 0.5) is 0 Å². The lowest BCUT2D eigenvalue weighted by Crippen LogP contribution is -2.30. The highest BCUT2D eigenvalue weighted by molar-refractivity contribution is 7.12. The van der Waals surface area contributed by atoms with Gasteiger partial charge in [0.25, 0.3) is 0 Å². The van der Waals surface area contributed by atoms with Crippen molar-refractivity contribution in [2.24, 2.45) is 5.92 Å². The molecule has 4 heteroatoms. The van der Waals surface area contributed by atoms with Crippen molar-refractivity contribution in [3.05, 3.63) is 21.9 Å². The first-order valence-electron chi connectivity index (χ1n) is 7.17.